The number of halogens is 3. The molecule has 39 heavy (non-hydrogen) atoms. The number of aromatic nitrogens is 4. The van der Waals surface area contributed by atoms with E-state index in [9.17, 15) is 27.9 Å². The minimum atomic E-state index is -4.78. The normalized spacial score (nSPS) is 24.1. The van der Waals surface area contributed by atoms with Gasteiger partial charge in [-0.1, -0.05) is 13.8 Å². The predicted molar refractivity (Wildman–Crippen MR) is 139 cm³/mol. The fraction of sp³-hybridized carbons (Fsp3) is 0.714. The van der Waals surface area contributed by atoms with Gasteiger partial charge in [0.25, 0.3) is 5.91 Å². The standard InChI is InChI=1S/C28H40F3N5O3/c1-17-21(18(2)34-33-17)10-15-35(19-6-11-26(3,4)12-7-19)24(37)22-16-32-36(23(22)28(29,30)31)20-8-13-27(5,14-9-20)25(38)39/h16,19-20H,6-15H2,1-5H3,(H,33,34)(H,38,39). The molecule has 11 heteroatoms. The summed E-state index contributed by atoms with van der Waals surface area (Å²) in [6, 6.07) is -0.774. The first-order chi connectivity index (χ1) is 18.1. The van der Waals surface area contributed by atoms with Gasteiger partial charge in [-0.3, -0.25) is 19.4 Å². The number of carboxylic acid groups (broad SMARTS) is 1. The minimum Gasteiger partial charge on any atom is -0.481 e. The van der Waals surface area contributed by atoms with Crippen molar-refractivity contribution in [2.24, 2.45) is 10.8 Å². The molecular weight excluding hydrogens is 511 g/mol. The Morgan fingerprint density at radius 1 is 1.10 bits per heavy atom. The molecule has 2 fully saturated rings. The largest absolute Gasteiger partial charge is 0.481 e. The fourth-order valence-electron chi connectivity index (χ4n) is 6.25. The van der Waals surface area contributed by atoms with Crippen LogP contribution in [0.15, 0.2) is 6.20 Å². The third-order valence-corrected chi connectivity index (χ3v) is 9.11. The van der Waals surface area contributed by atoms with Crippen molar-refractivity contribution in [3.8, 4) is 0 Å². The molecule has 1 amide bonds. The highest BCUT2D eigenvalue weighted by Gasteiger charge is 2.45. The molecule has 0 atom stereocenters. The van der Waals surface area contributed by atoms with Gasteiger partial charge < -0.3 is 10.0 Å². The molecule has 2 heterocycles. The molecule has 8 nitrogen and oxygen atoms in total. The Hall–Kier alpha value is -2.85. The van der Waals surface area contributed by atoms with Gasteiger partial charge in [0.15, 0.2) is 5.69 Å². The zero-order valence-corrected chi connectivity index (χ0v) is 23.5. The lowest BCUT2D eigenvalue weighted by Crippen LogP contribution is -2.45. The number of carboxylic acids is 1. The van der Waals surface area contributed by atoms with Crippen molar-refractivity contribution in [2.45, 2.75) is 111 Å². The SMILES string of the molecule is Cc1n[nH]c(C)c1CCN(C(=O)c1cnn(C2CCC(C)(C(=O)O)CC2)c1C(F)(F)F)C1CCC(C)(C)CC1. The number of hydrogen-bond acceptors (Lipinski definition) is 4. The Bertz CT molecular complexity index is 1180. The van der Waals surface area contributed by atoms with Crippen molar-refractivity contribution in [2.75, 3.05) is 6.54 Å². The highest BCUT2D eigenvalue weighted by Crippen LogP contribution is 2.44. The highest BCUT2D eigenvalue weighted by molar-refractivity contribution is 5.95. The van der Waals surface area contributed by atoms with Gasteiger partial charge in [0.1, 0.15) is 0 Å². The summed E-state index contributed by atoms with van der Waals surface area (Å²) in [5.74, 6) is -1.59. The Morgan fingerprint density at radius 3 is 2.23 bits per heavy atom. The monoisotopic (exact) mass is 551 g/mol. The summed E-state index contributed by atoms with van der Waals surface area (Å²) in [5, 5.41) is 20.8. The zero-order chi connectivity index (χ0) is 28.8. The van der Waals surface area contributed by atoms with Crippen LogP contribution >= 0.6 is 0 Å². The maximum absolute atomic E-state index is 14.5. The third-order valence-electron chi connectivity index (χ3n) is 9.11. The second kappa shape index (κ2) is 10.6. The van der Waals surface area contributed by atoms with E-state index in [4.69, 9.17) is 0 Å². The molecule has 2 aromatic heterocycles. The molecule has 2 N–H and O–H groups in total. The van der Waals surface area contributed by atoms with E-state index in [1.807, 2.05) is 13.8 Å². The summed E-state index contributed by atoms with van der Waals surface area (Å²) in [6.07, 6.45) is 1.01. The first-order valence-corrected chi connectivity index (χ1v) is 13.8. The van der Waals surface area contributed by atoms with Crippen molar-refractivity contribution in [3.05, 3.63) is 34.4 Å². The van der Waals surface area contributed by atoms with Crippen LogP contribution in [0.4, 0.5) is 13.2 Å². The number of aliphatic carboxylic acids is 1. The molecule has 2 aliphatic rings. The van der Waals surface area contributed by atoms with Gasteiger partial charge in [0, 0.05) is 18.3 Å². The fourth-order valence-corrected chi connectivity index (χ4v) is 6.25. The van der Waals surface area contributed by atoms with Crippen LogP contribution in [0.2, 0.25) is 0 Å². The lowest BCUT2D eigenvalue weighted by atomic mass is 9.74. The molecule has 0 radical (unpaired) electrons. The second-order valence-corrected chi connectivity index (χ2v) is 12.5. The van der Waals surface area contributed by atoms with E-state index in [1.165, 1.54) is 0 Å². The minimum absolute atomic E-state index is 0.135. The van der Waals surface area contributed by atoms with Crippen LogP contribution in [0.25, 0.3) is 0 Å². The Labute approximate surface area is 227 Å². The van der Waals surface area contributed by atoms with Crippen LogP contribution in [0, 0.1) is 24.7 Å². The summed E-state index contributed by atoms with van der Waals surface area (Å²) in [6.45, 7) is 10.0. The van der Waals surface area contributed by atoms with E-state index in [1.54, 1.807) is 11.8 Å². The Kier molecular flexibility index (Phi) is 7.93. The van der Waals surface area contributed by atoms with E-state index in [2.05, 4.69) is 29.1 Å². The Morgan fingerprint density at radius 2 is 1.72 bits per heavy atom. The number of rotatable bonds is 7. The number of nitrogens with one attached hydrogen (secondary N) is 1. The number of H-pyrrole nitrogens is 1. The quantitative estimate of drug-likeness (QED) is 0.433. The summed E-state index contributed by atoms with van der Waals surface area (Å²) >= 11 is 0. The van der Waals surface area contributed by atoms with Crippen molar-refractivity contribution < 1.29 is 27.9 Å². The van der Waals surface area contributed by atoms with Gasteiger partial charge in [-0.25, -0.2) is 0 Å². The average Bonchev–Trinajstić information content (AvgIpc) is 3.44. The molecule has 0 aliphatic heterocycles. The number of aryl methyl sites for hydroxylation is 2. The predicted octanol–water partition coefficient (Wildman–Crippen LogP) is 6.10. The topological polar surface area (TPSA) is 104 Å². The van der Waals surface area contributed by atoms with Crippen LogP contribution in [-0.4, -0.2) is 54.4 Å². The maximum atomic E-state index is 14.5. The first-order valence-electron chi connectivity index (χ1n) is 13.8. The number of carbonyl (C=O) groups excluding carboxylic acids is 1. The van der Waals surface area contributed by atoms with Crippen molar-refractivity contribution in [1.82, 2.24) is 24.9 Å². The van der Waals surface area contributed by atoms with Crippen LogP contribution in [-0.2, 0) is 17.4 Å². The summed E-state index contributed by atoms with van der Waals surface area (Å²) in [7, 11) is 0. The molecule has 0 unspecified atom stereocenters. The molecular formula is C28H40F3N5O3. The van der Waals surface area contributed by atoms with Gasteiger partial charge >= 0.3 is 12.1 Å². The van der Waals surface area contributed by atoms with Crippen molar-refractivity contribution in [3.63, 3.8) is 0 Å². The van der Waals surface area contributed by atoms with E-state index in [-0.39, 0.29) is 43.7 Å². The number of hydrogen-bond donors (Lipinski definition) is 2. The first kappa shape index (κ1) is 29.1. The number of alkyl halides is 3. The number of amides is 1. The highest BCUT2D eigenvalue weighted by atomic mass is 19.4. The lowest BCUT2D eigenvalue weighted by Gasteiger charge is -2.40. The number of aromatic amines is 1. The van der Waals surface area contributed by atoms with Gasteiger partial charge in [-0.05, 0) is 89.5 Å². The van der Waals surface area contributed by atoms with Crippen LogP contribution < -0.4 is 0 Å². The van der Waals surface area contributed by atoms with E-state index < -0.39 is 40.8 Å². The molecule has 2 saturated carbocycles. The third kappa shape index (κ3) is 6.01. The van der Waals surface area contributed by atoms with Crippen LogP contribution in [0.1, 0.15) is 111 Å². The van der Waals surface area contributed by atoms with Gasteiger partial charge in [-0.15, -0.1) is 0 Å². The van der Waals surface area contributed by atoms with E-state index in [0.29, 0.717) is 6.42 Å². The van der Waals surface area contributed by atoms with Gasteiger partial charge in [0.05, 0.1) is 28.9 Å². The zero-order valence-electron chi connectivity index (χ0n) is 23.5. The van der Waals surface area contributed by atoms with Crippen LogP contribution in [0.3, 0.4) is 0 Å². The summed E-state index contributed by atoms with van der Waals surface area (Å²) in [5.41, 5.74) is 0.386. The van der Waals surface area contributed by atoms with E-state index >= 15 is 0 Å². The lowest BCUT2D eigenvalue weighted by molar-refractivity contribution is -0.152. The van der Waals surface area contributed by atoms with Gasteiger partial charge in [-0.2, -0.15) is 23.4 Å². The van der Waals surface area contributed by atoms with Crippen molar-refractivity contribution in [1.29, 1.82) is 0 Å². The van der Waals surface area contributed by atoms with Crippen molar-refractivity contribution >= 4 is 11.9 Å². The molecule has 0 spiro atoms. The Balaban J connectivity index is 1.65. The molecule has 0 saturated heterocycles. The van der Waals surface area contributed by atoms with Gasteiger partial charge in [0.2, 0.25) is 0 Å². The maximum Gasteiger partial charge on any atom is 0.433 e. The molecule has 216 valence electrons. The van der Waals surface area contributed by atoms with E-state index in [0.717, 1.165) is 53.5 Å². The second-order valence-electron chi connectivity index (χ2n) is 12.5. The number of nitrogens with zero attached hydrogens (tertiary/aromatic N) is 4. The summed E-state index contributed by atoms with van der Waals surface area (Å²) in [4.78, 5) is 27.2. The summed E-state index contributed by atoms with van der Waals surface area (Å²) < 4.78 is 44.5. The molecule has 2 aromatic rings. The molecule has 0 aromatic carbocycles. The molecule has 0 bridgehead atoms. The molecule has 2 aliphatic carbocycles. The number of carbonyl (C=O) groups is 2. The van der Waals surface area contributed by atoms with Crippen LogP contribution in [0.5, 0.6) is 0 Å². The smallest absolute Gasteiger partial charge is 0.433 e. The average molecular weight is 552 g/mol. The molecule has 4 rings (SSSR count).